The molecule has 80 valence electrons. The van der Waals surface area contributed by atoms with E-state index in [2.05, 4.69) is 10.3 Å². The van der Waals surface area contributed by atoms with E-state index in [1.54, 1.807) is 6.07 Å². The van der Waals surface area contributed by atoms with Crippen molar-refractivity contribution in [2.24, 2.45) is 0 Å². The van der Waals surface area contributed by atoms with Gasteiger partial charge in [0.25, 0.3) is 0 Å². The van der Waals surface area contributed by atoms with Crippen molar-refractivity contribution >= 4 is 5.82 Å². The zero-order valence-corrected chi connectivity index (χ0v) is 8.35. The van der Waals surface area contributed by atoms with Gasteiger partial charge in [-0.05, 0) is 53.9 Å². The summed E-state index contributed by atoms with van der Waals surface area (Å²) in [4.78, 5) is 14.2. The Balaban J connectivity index is 2.29. The highest BCUT2D eigenvalue weighted by molar-refractivity contribution is 5.35. The standard InChI is InChI=1S/C10H13N3O2/c14-13(15)10-9(2-1-5-12-10)8-3-6-11-7-4-8/h1-2,5,8,11H,3-4,6-7H2. The Bertz CT molecular complexity index is 361. The average Bonchev–Trinajstić information content (AvgIpc) is 2.30. The maximum absolute atomic E-state index is 10.8. The molecule has 2 heterocycles. The SMILES string of the molecule is O=[N+]([O-])c1ncccc1C1CCNCC1. The number of nitro groups is 1. The third-order valence-corrected chi connectivity index (χ3v) is 2.77. The minimum absolute atomic E-state index is 0.0180. The third-order valence-electron chi connectivity index (χ3n) is 2.77. The summed E-state index contributed by atoms with van der Waals surface area (Å²) in [6, 6.07) is 3.59. The second kappa shape index (κ2) is 4.35. The van der Waals surface area contributed by atoms with Gasteiger partial charge in [0, 0.05) is 0 Å². The summed E-state index contributed by atoms with van der Waals surface area (Å²) < 4.78 is 0. The van der Waals surface area contributed by atoms with E-state index in [0.29, 0.717) is 0 Å². The molecule has 0 radical (unpaired) electrons. The Hall–Kier alpha value is -1.49. The highest BCUT2D eigenvalue weighted by Crippen LogP contribution is 2.30. The largest absolute Gasteiger partial charge is 0.366 e. The zero-order valence-electron chi connectivity index (χ0n) is 8.35. The van der Waals surface area contributed by atoms with Gasteiger partial charge in [0.2, 0.25) is 0 Å². The van der Waals surface area contributed by atoms with Gasteiger partial charge >= 0.3 is 5.82 Å². The van der Waals surface area contributed by atoms with E-state index in [1.165, 1.54) is 6.20 Å². The van der Waals surface area contributed by atoms with Crippen molar-refractivity contribution in [2.75, 3.05) is 13.1 Å². The summed E-state index contributed by atoms with van der Waals surface area (Å²) in [5.41, 5.74) is 0.781. The molecule has 0 aliphatic carbocycles. The van der Waals surface area contributed by atoms with Crippen LogP contribution in [0.15, 0.2) is 18.3 Å². The van der Waals surface area contributed by atoms with Crippen LogP contribution in [0.3, 0.4) is 0 Å². The summed E-state index contributed by atoms with van der Waals surface area (Å²) in [7, 11) is 0. The van der Waals surface area contributed by atoms with Crippen LogP contribution in [-0.2, 0) is 0 Å². The molecule has 0 spiro atoms. The molecule has 5 nitrogen and oxygen atoms in total. The lowest BCUT2D eigenvalue weighted by atomic mass is 9.91. The summed E-state index contributed by atoms with van der Waals surface area (Å²) in [6.45, 7) is 1.85. The fourth-order valence-corrected chi connectivity index (χ4v) is 2.01. The molecule has 0 aromatic carbocycles. The van der Waals surface area contributed by atoms with E-state index in [9.17, 15) is 10.1 Å². The van der Waals surface area contributed by atoms with Crippen molar-refractivity contribution in [1.82, 2.24) is 10.3 Å². The van der Waals surface area contributed by atoms with Crippen molar-refractivity contribution in [3.05, 3.63) is 34.0 Å². The summed E-state index contributed by atoms with van der Waals surface area (Å²) in [6.07, 6.45) is 3.38. The van der Waals surface area contributed by atoms with Crippen molar-refractivity contribution < 1.29 is 4.92 Å². The van der Waals surface area contributed by atoms with Crippen molar-refractivity contribution in [3.8, 4) is 0 Å². The second-order valence-electron chi connectivity index (χ2n) is 3.70. The maximum atomic E-state index is 10.8. The van der Waals surface area contributed by atoms with Crippen LogP contribution in [0.5, 0.6) is 0 Å². The molecule has 1 aromatic heterocycles. The Kier molecular flexibility index (Phi) is 2.91. The number of hydrogen-bond acceptors (Lipinski definition) is 4. The minimum Gasteiger partial charge on any atom is -0.358 e. The monoisotopic (exact) mass is 207 g/mol. The molecule has 1 N–H and O–H groups in total. The fraction of sp³-hybridized carbons (Fsp3) is 0.500. The van der Waals surface area contributed by atoms with Crippen LogP contribution in [0, 0.1) is 10.1 Å². The van der Waals surface area contributed by atoms with Gasteiger partial charge in [0.1, 0.15) is 6.20 Å². The van der Waals surface area contributed by atoms with Gasteiger partial charge in [-0.3, -0.25) is 0 Å². The molecule has 5 heteroatoms. The molecule has 0 saturated carbocycles. The predicted molar refractivity (Wildman–Crippen MR) is 55.7 cm³/mol. The van der Waals surface area contributed by atoms with Crippen LogP contribution >= 0.6 is 0 Å². The molecule has 0 bridgehead atoms. The first-order chi connectivity index (χ1) is 7.29. The minimum atomic E-state index is -0.392. The molecule has 0 unspecified atom stereocenters. The quantitative estimate of drug-likeness (QED) is 0.588. The fourth-order valence-electron chi connectivity index (χ4n) is 2.01. The first kappa shape index (κ1) is 10.0. The van der Waals surface area contributed by atoms with E-state index in [-0.39, 0.29) is 11.7 Å². The second-order valence-corrected chi connectivity index (χ2v) is 3.70. The first-order valence-electron chi connectivity index (χ1n) is 5.09. The molecule has 1 fully saturated rings. The highest BCUT2D eigenvalue weighted by Gasteiger charge is 2.23. The molecule has 1 aliphatic rings. The number of nitrogens with zero attached hydrogens (tertiary/aromatic N) is 2. The summed E-state index contributed by atoms with van der Waals surface area (Å²) in [5.74, 6) is 0.296. The van der Waals surface area contributed by atoms with Gasteiger partial charge in [0.15, 0.2) is 0 Å². The molecule has 1 aromatic rings. The third kappa shape index (κ3) is 2.12. The first-order valence-corrected chi connectivity index (χ1v) is 5.09. The highest BCUT2D eigenvalue weighted by atomic mass is 16.6. The molecule has 2 rings (SSSR count). The van der Waals surface area contributed by atoms with Crippen LogP contribution in [0.2, 0.25) is 0 Å². The van der Waals surface area contributed by atoms with E-state index in [4.69, 9.17) is 0 Å². The Morgan fingerprint density at radius 2 is 2.20 bits per heavy atom. The van der Waals surface area contributed by atoms with Gasteiger partial charge in [0.05, 0.1) is 5.56 Å². The number of rotatable bonds is 2. The van der Waals surface area contributed by atoms with E-state index < -0.39 is 4.92 Å². The van der Waals surface area contributed by atoms with Crippen LogP contribution in [0.25, 0.3) is 0 Å². The number of piperidine rings is 1. The molecule has 0 amide bonds. The molecule has 1 aliphatic heterocycles. The number of pyridine rings is 1. The smallest absolute Gasteiger partial charge is 0.358 e. The van der Waals surface area contributed by atoms with Crippen molar-refractivity contribution in [3.63, 3.8) is 0 Å². The van der Waals surface area contributed by atoms with Gasteiger partial charge in [-0.15, -0.1) is 0 Å². The summed E-state index contributed by atoms with van der Waals surface area (Å²) in [5, 5.41) is 14.0. The van der Waals surface area contributed by atoms with Gasteiger partial charge in [-0.2, -0.15) is 0 Å². The maximum Gasteiger partial charge on any atom is 0.366 e. The Morgan fingerprint density at radius 1 is 1.47 bits per heavy atom. The number of nitrogens with one attached hydrogen (secondary N) is 1. The van der Waals surface area contributed by atoms with E-state index >= 15 is 0 Å². The van der Waals surface area contributed by atoms with Crippen LogP contribution in [0.1, 0.15) is 24.3 Å². The lowest BCUT2D eigenvalue weighted by molar-refractivity contribution is -0.390. The lowest BCUT2D eigenvalue weighted by Crippen LogP contribution is -2.27. The van der Waals surface area contributed by atoms with Crippen LogP contribution in [0.4, 0.5) is 5.82 Å². The molecule has 0 atom stereocenters. The van der Waals surface area contributed by atoms with Crippen LogP contribution in [-0.4, -0.2) is 23.0 Å². The number of aromatic nitrogens is 1. The van der Waals surface area contributed by atoms with Crippen molar-refractivity contribution in [2.45, 2.75) is 18.8 Å². The predicted octanol–water partition coefficient (Wildman–Crippen LogP) is 1.46. The van der Waals surface area contributed by atoms with E-state index in [0.717, 1.165) is 31.5 Å². The Morgan fingerprint density at radius 3 is 2.87 bits per heavy atom. The lowest BCUT2D eigenvalue weighted by Gasteiger charge is -2.22. The van der Waals surface area contributed by atoms with Crippen molar-refractivity contribution in [1.29, 1.82) is 0 Å². The van der Waals surface area contributed by atoms with Gasteiger partial charge in [-0.25, -0.2) is 0 Å². The van der Waals surface area contributed by atoms with Gasteiger partial charge < -0.3 is 15.4 Å². The van der Waals surface area contributed by atoms with Gasteiger partial charge in [-0.1, -0.05) is 0 Å². The normalized spacial score (nSPS) is 17.6. The molecule has 15 heavy (non-hydrogen) atoms. The topological polar surface area (TPSA) is 68.1 Å². The summed E-state index contributed by atoms with van der Waals surface area (Å²) >= 11 is 0. The molecule has 1 saturated heterocycles. The number of hydrogen-bond donors (Lipinski definition) is 1. The average molecular weight is 207 g/mol. The van der Waals surface area contributed by atoms with E-state index in [1.807, 2.05) is 6.07 Å². The molecular formula is C10H13N3O2. The van der Waals surface area contributed by atoms with Crippen LogP contribution < -0.4 is 5.32 Å². The Labute approximate surface area is 87.7 Å². The zero-order chi connectivity index (χ0) is 10.7. The molecular weight excluding hydrogens is 194 g/mol.